The predicted octanol–water partition coefficient (Wildman–Crippen LogP) is 3.23. The van der Waals surface area contributed by atoms with Crippen LogP contribution in [0.2, 0.25) is 0 Å². The SMILES string of the molecule is O=[N+]([O-])c1ccccc1S(=O)(=O)NCc1ccc2ccccc2c1. The molecule has 0 radical (unpaired) electrons. The first-order valence-electron chi connectivity index (χ1n) is 7.18. The van der Waals surface area contributed by atoms with Gasteiger partial charge in [0, 0.05) is 12.6 Å². The molecule has 0 saturated heterocycles. The van der Waals surface area contributed by atoms with Crippen LogP contribution in [0.25, 0.3) is 10.8 Å². The van der Waals surface area contributed by atoms with E-state index in [2.05, 4.69) is 4.72 Å². The van der Waals surface area contributed by atoms with E-state index in [9.17, 15) is 18.5 Å². The number of benzene rings is 3. The van der Waals surface area contributed by atoms with Gasteiger partial charge in [0.15, 0.2) is 4.90 Å². The van der Waals surface area contributed by atoms with Crippen molar-refractivity contribution in [3.8, 4) is 0 Å². The molecule has 0 heterocycles. The van der Waals surface area contributed by atoms with Gasteiger partial charge < -0.3 is 0 Å². The van der Waals surface area contributed by atoms with E-state index >= 15 is 0 Å². The fourth-order valence-electron chi connectivity index (χ4n) is 2.44. The second-order valence-electron chi connectivity index (χ2n) is 5.23. The number of nitrogens with zero attached hydrogens (tertiary/aromatic N) is 1. The van der Waals surface area contributed by atoms with E-state index in [1.54, 1.807) is 0 Å². The minimum Gasteiger partial charge on any atom is -0.258 e. The smallest absolute Gasteiger partial charge is 0.258 e. The van der Waals surface area contributed by atoms with Crippen LogP contribution in [0.4, 0.5) is 5.69 Å². The van der Waals surface area contributed by atoms with Crippen molar-refractivity contribution in [1.82, 2.24) is 4.72 Å². The number of sulfonamides is 1. The molecule has 3 aromatic rings. The number of fused-ring (bicyclic) bond motifs is 1. The van der Waals surface area contributed by atoms with Gasteiger partial charge >= 0.3 is 0 Å². The molecule has 0 bridgehead atoms. The van der Waals surface area contributed by atoms with Crippen LogP contribution in [-0.2, 0) is 16.6 Å². The Hall–Kier alpha value is -2.77. The molecule has 7 heteroatoms. The Bertz CT molecular complexity index is 1020. The second kappa shape index (κ2) is 6.38. The largest absolute Gasteiger partial charge is 0.289 e. The maximum absolute atomic E-state index is 12.4. The van der Waals surface area contributed by atoms with E-state index in [1.807, 2.05) is 42.5 Å². The lowest BCUT2D eigenvalue weighted by Gasteiger charge is -2.08. The highest BCUT2D eigenvalue weighted by Gasteiger charge is 2.24. The van der Waals surface area contributed by atoms with Gasteiger partial charge in [-0.3, -0.25) is 10.1 Å². The Morgan fingerprint density at radius 3 is 2.33 bits per heavy atom. The molecule has 3 aromatic carbocycles. The highest BCUT2D eigenvalue weighted by Crippen LogP contribution is 2.23. The Morgan fingerprint density at radius 1 is 0.917 bits per heavy atom. The van der Waals surface area contributed by atoms with Gasteiger partial charge in [0.25, 0.3) is 5.69 Å². The van der Waals surface area contributed by atoms with Crippen LogP contribution in [0, 0.1) is 10.1 Å². The Balaban J connectivity index is 1.86. The van der Waals surface area contributed by atoms with Crippen molar-refractivity contribution < 1.29 is 13.3 Å². The van der Waals surface area contributed by atoms with Crippen LogP contribution in [-0.4, -0.2) is 13.3 Å². The molecule has 0 aliphatic carbocycles. The molecule has 0 aliphatic rings. The van der Waals surface area contributed by atoms with Crippen molar-refractivity contribution in [1.29, 1.82) is 0 Å². The van der Waals surface area contributed by atoms with E-state index < -0.39 is 20.6 Å². The van der Waals surface area contributed by atoms with E-state index in [1.165, 1.54) is 24.3 Å². The first-order valence-corrected chi connectivity index (χ1v) is 8.66. The van der Waals surface area contributed by atoms with Crippen LogP contribution >= 0.6 is 0 Å². The molecule has 24 heavy (non-hydrogen) atoms. The molecule has 0 saturated carbocycles. The van der Waals surface area contributed by atoms with E-state index in [-0.39, 0.29) is 11.4 Å². The number of nitrogens with one attached hydrogen (secondary N) is 1. The zero-order valence-corrected chi connectivity index (χ0v) is 13.4. The minimum absolute atomic E-state index is 0.0548. The monoisotopic (exact) mass is 342 g/mol. The summed E-state index contributed by atoms with van der Waals surface area (Å²) in [5, 5.41) is 13.1. The summed E-state index contributed by atoms with van der Waals surface area (Å²) < 4.78 is 27.2. The standard InChI is InChI=1S/C17H14N2O4S/c20-19(21)16-7-3-4-8-17(16)24(22,23)18-12-13-9-10-14-5-1-2-6-15(14)11-13/h1-11,18H,12H2. The average molecular weight is 342 g/mol. The summed E-state index contributed by atoms with van der Waals surface area (Å²) in [6, 6.07) is 18.6. The lowest BCUT2D eigenvalue weighted by Crippen LogP contribution is -2.24. The molecular formula is C17H14N2O4S. The van der Waals surface area contributed by atoms with Crippen molar-refractivity contribution in [2.45, 2.75) is 11.4 Å². The molecule has 0 atom stereocenters. The molecule has 1 N–H and O–H groups in total. The normalized spacial score (nSPS) is 11.5. The fraction of sp³-hybridized carbons (Fsp3) is 0.0588. The van der Waals surface area contributed by atoms with Gasteiger partial charge in [-0.15, -0.1) is 0 Å². The fourth-order valence-corrected chi connectivity index (χ4v) is 3.63. The highest BCUT2D eigenvalue weighted by atomic mass is 32.2. The molecule has 122 valence electrons. The third-order valence-electron chi connectivity index (χ3n) is 3.63. The van der Waals surface area contributed by atoms with Crippen LogP contribution in [0.5, 0.6) is 0 Å². The van der Waals surface area contributed by atoms with Crippen LogP contribution in [0.15, 0.2) is 71.6 Å². The number of hydrogen-bond donors (Lipinski definition) is 1. The quantitative estimate of drug-likeness (QED) is 0.569. The number of hydrogen-bond acceptors (Lipinski definition) is 4. The van der Waals surface area contributed by atoms with E-state index in [4.69, 9.17) is 0 Å². The van der Waals surface area contributed by atoms with Crippen molar-refractivity contribution >= 4 is 26.5 Å². The van der Waals surface area contributed by atoms with E-state index in [0.717, 1.165) is 16.3 Å². The molecule has 0 amide bonds. The summed E-state index contributed by atoms with van der Waals surface area (Å²) in [6.45, 7) is 0.0548. The number of para-hydroxylation sites is 1. The topological polar surface area (TPSA) is 89.3 Å². The van der Waals surface area contributed by atoms with Crippen LogP contribution in [0.1, 0.15) is 5.56 Å². The molecule has 0 aromatic heterocycles. The number of rotatable bonds is 5. The summed E-state index contributed by atoms with van der Waals surface area (Å²) >= 11 is 0. The van der Waals surface area contributed by atoms with Gasteiger partial charge in [-0.2, -0.15) is 0 Å². The zero-order chi connectivity index (χ0) is 17.2. The van der Waals surface area contributed by atoms with Crippen molar-refractivity contribution in [2.75, 3.05) is 0 Å². The Kier molecular flexibility index (Phi) is 4.28. The highest BCUT2D eigenvalue weighted by molar-refractivity contribution is 7.89. The molecule has 0 fully saturated rings. The van der Waals surface area contributed by atoms with E-state index in [0.29, 0.717) is 0 Å². The Morgan fingerprint density at radius 2 is 1.58 bits per heavy atom. The summed E-state index contributed by atoms with van der Waals surface area (Å²) in [5.41, 5.74) is 0.333. The average Bonchev–Trinajstić information content (AvgIpc) is 2.60. The summed E-state index contributed by atoms with van der Waals surface area (Å²) in [5.74, 6) is 0. The van der Waals surface area contributed by atoms with Crippen molar-refractivity contribution in [3.05, 3.63) is 82.4 Å². The summed E-state index contributed by atoms with van der Waals surface area (Å²) in [4.78, 5) is 9.96. The van der Waals surface area contributed by atoms with Gasteiger partial charge in [-0.1, -0.05) is 48.5 Å². The lowest BCUT2D eigenvalue weighted by molar-refractivity contribution is -0.387. The molecule has 6 nitrogen and oxygen atoms in total. The molecule has 0 aliphatic heterocycles. The minimum atomic E-state index is -3.98. The zero-order valence-electron chi connectivity index (χ0n) is 12.5. The molecule has 3 rings (SSSR count). The molecule has 0 unspecified atom stereocenters. The second-order valence-corrected chi connectivity index (χ2v) is 6.97. The third-order valence-corrected chi connectivity index (χ3v) is 5.08. The van der Waals surface area contributed by atoms with Crippen molar-refractivity contribution in [3.63, 3.8) is 0 Å². The predicted molar refractivity (Wildman–Crippen MR) is 91.1 cm³/mol. The van der Waals surface area contributed by atoms with Gasteiger partial charge in [-0.25, -0.2) is 13.1 Å². The summed E-state index contributed by atoms with van der Waals surface area (Å²) in [6.07, 6.45) is 0. The van der Waals surface area contributed by atoms with Gasteiger partial charge in [-0.05, 0) is 28.5 Å². The first-order chi connectivity index (χ1) is 11.5. The Labute approximate surface area is 138 Å². The summed E-state index contributed by atoms with van der Waals surface area (Å²) in [7, 11) is -3.98. The van der Waals surface area contributed by atoms with Gasteiger partial charge in [0.1, 0.15) is 0 Å². The third kappa shape index (κ3) is 3.27. The molecule has 0 spiro atoms. The lowest BCUT2D eigenvalue weighted by atomic mass is 10.1. The maximum atomic E-state index is 12.4. The van der Waals surface area contributed by atoms with Gasteiger partial charge in [0.2, 0.25) is 10.0 Å². The van der Waals surface area contributed by atoms with Gasteiger partial charge in [0.05, 0.1) is 4.92 Å². The number of nitro groups is 1. The van der Waals surface area contributed by atoms with Crippen LogP contribution in [0.3, 0.4) is 0 Å². The molecular weight excluding hydrogens is 328 g/mol. The van der Waals surface area contributed by atoms with Crippen LogP contribution < -0.4 is 4.72 Å². The maximum Gasteiger partial charge on any atom is 0.289 e. The number of nitro benzene ring substituents is 1. The van der Waals surface area contributed by atoms with Crippen molar-refractivity contribution in [2.24, 2.45) is 0 Å². The first kappa shape index (κ1) is 16.1.